The van der Waals surface area contributed by atoms with Crippen LogP contribution in [0, 0.1) is 23.2 Å². The summed E-state index contributed by atoms with van der Waals surface area (Å²) in [5, 5.41) is 24.5. The molecule has 6 rings (SSSR count). The summed E-state index contributed by atoms with van der Waals surface area (Å²) in [6.07, 6.45) is 5.30. The van der Waals surface area contributed by atoms with E-state index in [1.165, 1.54) is 0 Å². The molecule has 3 aromatic rings. The van der Waals surface area contributed by atoms with Crippen molar-refractivity contribution in [2.75, 3.05) is 44.2 Å². The minimum absolute atomic E-state index is 0.0301. The molecule has 0 atom stereocenters. The number of carbonyl (C=O) groups excluding carboxylic acids is 1. The van der Waals surface area contributed by atoms with E-state index in [2.05, 4.69) is 59.1 Å². The van der Waals surface area contributed by atoms with Gasteiger partial charge in [-0.05, 0) is 49.9 Å². The van der Waals surface area contributed by atoms with E-state index in [-0.39, 0.29) is 17.7 Å². The second-order valence-corrected chi connectivity index (χ2v) is 11.2. The molecule has 1 aromatic carbocycles. The molecule has 2 saturated heterocycles. The minimum atomic E-state index is -0.761. The highest BCUT2D eigenvalue weighted by molar-refractivity contribution is 5.82. The minimum Gasteiger partial charge on any atom is -0.382 e. The maximum absolute atomic E-state index is 12.8. The monoisotopic (exact) mass is 498 g/mol. The third-order valence-electron chi connectivity index (χ3n) is 8.50. The summed E-state index contributed by atoms with van der Waals surface area (Å²) >= 11 is 0. The van der Waals surface area contributed by atoms with Crippen molar-refractivity contribution in [1.82, 2.24) is 19.4 Å². The van der Waals surface area contributed by atoms with E-state index in [9.17, 15) is 9.90 Å². The van der Waals surface area contributed by atoms with Crippen LogP contribution >= 0.6 is 0 Å². The van der Waals surface area contributed by atoms with Gasteiger partial charge in [-0.3, -0.25) is 9.69 Å². The number of hydrogen-bond acceptors (Lipinski definition) is 6. The molecule has 3 fully saturated rings. The smallest absolute Gasteiger partial charge is 0.225 e. The topological polar surface area (TPSA) is 88.1 Å². The number of β-amino-alcohol motifs (C(OH)–C–C–N with tert-alkyl or cyclic N) is 1. The number of amides is 1. The van der Waals surface area contributed by atoms with Crippen LogP contribution < -0.4 is 4.90 Å². The van der Waals surface area contributed by atoms with Crippen LogP contribution in [-0.4, -0.2) is 75.7 Å². The molecule has 1 saturated carbocycles. The highest BCUT2D eigenvalue weighted by atomic mass is 16.3. The lowest BCUT2D eigenvalue weighted by Gasteiger charge is -2.49. The van der Waals surface area contributed by atoms with Crippen LogP contribution in [0.25, 0.3) is 16.6 Å². The van der Waals surface area contributed by atoms with Gasteiger partial charge in [0.1, 0.15) is 5.60 Å². The first-order valence-corrected chi connectivity index (χ1v) is 13.3. The maximum Gasteiger partial charge on any atom is 0.225 e. The van der Waals surface area contributed by atoms with Gasteiger partial charge in [0.15, 0.2) is 0 Å². The van der Waals surface area contributed by atoms with Crippen LogP contribution in [0.2, 0.25) is 0 Å². The molecule has 0 spiro atoms. The Morgan fingerprint density at radius 2 is 1.78 bits per heavy atom. The Morgan fingerprint density at radius 3 is 2.43 bits per heavy atom. The number of piperazine rings is 1. The lowest BCUT2D eigenvalue weighted by atomic mass is 9.75. The molecule has 1 aliphatic carbocycles. The van der Waals surface area contributed by atoms with Crippen LogP contribution in [-0.2, 0) is 10.4 Å². The third-order valence-corrected chi connectivity index (χ3v) is 8.50. The number of carbonyl (C=O) groups is 1. The molecular weight excluding hydrogens is 464 g/mol. The summed E-state index contributed by atoms with van der Waals surface area (Å²) < 4.78 is 1.92. The zero-order valence-electron chi connectivity index (χ0n) is 21.5. The molecule has 37 heavy (non-hydrogen) atoms. The molecular formula is C29H34N6O2. The van der Waals surface area contributed by atoms with E-state index in [1.807, 2.05) is 33.9 Å². The van der Waals surface area contributed by atoms with E-state index >= 15 is 0 Å². The highest BCUT2D eigenvalue weighted by Gasteiger charge is 2.43. The van der Waals surface area contributed by atoms with Crippen molar-refractivity contribution in [2.24, 2.45) is 11.8 Å². The fraction of sp³-hybridized carbons (Fsp3) is 0.483. The van der Waals surface area contributed by atoms with Crippen LogP contribution in [0.3, 0.4) is 0 Å². The van der Waals surface area contributed by atoms with Gasteiger partial charge < -0.3 is 14.9 Å². The molecule has 0 radical (unpaired) electrons. The number of nitriles is 1. The van der Waals surface area contributed by atoms with Crippen molar-refractivity contribution < 1.29 is 9.90 Å². The highest BCUT2D eigenvalue weighted by Crippen LogP contribution is 2.36. The predicted molar refractivity (Wildman–Crippen MR) is 142 cm³/mol. The molecule has 8 nitrogen and oxygen atoms in total. The lowest BCUT2D eigenvalue weighted by molar-refractivity contribution is -0.139. The second-order valence-electron chi connectivity index (χ2n) is 11.2. The van der Waals surface area contributed by atoms with Crippen molar-refractivity contribution >= 4 is 17.1 Å². The fourth-order valence-corrected chi connectivity index (χ4v) is 5.92. The second kappa shape index (κ2) is 9.16. The van der Waals surface area contributed by atoms with Crippen LogP contribution in [0.5, 0.6) is 0 Å². The Kier molecular flexibility index (Phi) is 5.93. The van der Waals surface area contributed by atoms with Gasteiger partial charge >= 0.3 is 0 Å². The zero-order valence-corrected chi connectivity index (χ0v) is 21.5. The van der Waals surface area contributed by atoms with Gasteiger partial charge in [0, 0.05) is 75.1 Å². The first-order valence-electron chi connectivity index (χ1n) is 13.3. The van der Waals surface area contributed by atoms with Gasteiger partial charge in [-0.15, -0.1) is 0 Å². The molecule has 2 aromatic heterocycles. The first kappa shape index (κ1) is 24.0. The Labute approximate surface area is 217 Å². The van der Waals surface area contributed by atoms with Gasteiger partial charge in [0.2, 0.25) is 5.91 Å². The molecule has 1 amide bonds. The summed E-state index contributed by atoms with van der Waals surface area (Å²) in [6, 6.07) is 15.2. The Bertz CT molecular complexity index is 1340. The van der Waals surface area contributed by atoms with E-state index in [1.54, 1.807) is 0 Å². The number of aliphatic hydroxyl groups is 1. The zero-order chi connectivity index (χ0) is 25.7. The van der Waals surface area contributed by atoms with Gasteiger partial charge in [0.05, 0.1) is 17.3 Å². The molecule has 3 aliphatic rings. The van der Waals surface area contributed by atoms with Crippen molar-refractivity contribution in [3.05, 3.63) is 54.4 Å². The average molecular weight is 499 g/mol. The Hall–Kier alpha value is -3.41. The number of aromatic nitrogens is 2. The summed E-state index contributed by atoms with van der Waals surface area (Å²) in [5.41, 5.74) is 4.55. The molecule has 4 heterocycles. The number of rotatable bonds is 5. The first-order chi connectivity index (χ1) is 17.8. The van der Waals surface area contributed by atoms with Gasteiger partial charge in [-0.25, -0.2) is 4.52 Å². The molecule has 0 unspecified atom stereocenters. The molecule has 1 N–H and O–H groups in total. The van der Waals surface area contributed by atoms with E-state index in [0.717, 1.165) is 41.0 Å². The number of benzene rings is 1. The lowest BCUT2D eigenvalue weighted by Crippen LogP contribution is -2.61. The number of likely N-dealkylation sites (tertiary alicyclic amines) is 1. The van der Waals surface area contributed by atoms with Crippen LogP contribution in [0.15, 0.2) is 48.8 Å². The Balaban J connectivity index is 1.15. The standard InChI is InChI=1S/C29H34N6O2/c1-20(2)34-18-29(37,19-34)25-5-3-22(4-6-25)24-15-27-26(7-8-31-35(27)17-24)32-9-11-33(12-10-32)28(36)23-13-21(14-23)16-30/h3-8,15,17,20-21,23,37H,9-14,18-19H2,1-2H3. The SMILES string of the molecule is CC(C)N1CC(O)(c2ccc(-c3cc4c(N5CCN(C(=O)C6CC(C#N)C6)CC5)ccnn4c3)cc2)C1. The summed E-state index contributed by atoms with van der Waals surface area (Å²) in [7, 11) is 0. The summed E-state index contributed by atoms with van der Waals surface area (Å²) in [6.45, 7) is 8.62. The van der Waals surface area contributed by atoms with Gasteiger partial charge in [0.25, 0.3) is 0 Å². The van der Waals surface area contributed by atoms with E-state index in [4.69, 9.17) is 5.26 Å². The fourth-order valence-electron chi connectivity index (χ4n) is 5.92. The molecule has 0 bridgehead atoms. The number of fused-ring (bicyclic) bond motifs is 1. The predicted octanol–water partition coefficient (Wildman–Crippen LogP) is 3.11. The number of anilines is 1. The quantitative estimate of drug-likeness (QED) is 0.582. The molecule has 192 valence electrons. The summed E-state index contributed by atoms with van der Waals surface area (Å²) in [5.74, 6) is 0.295. The van der Waals surface area contributed by atoms with E-state index < -0.39 is 5.60 Å². The van der Waals surface area contributed by atoms with Crippen molar-refractivity contribution in [3.63, 3.8) is 0 Å². The third kappa shape index (κ3) is 4.26. The van der Waals surface area contributed by atoms with Gasteiger partial charge in [-0.1, -0.05) is 24.3 Å². The number of hydrogen-bond donors (Lipinski definition) is 1. The maximum atomic E-state index is 12.8. The van der Waals surface area contributed by atoms with Crippen molar-refractivity contribution in [3.8, 4) is 17.2 Å². The van der Waals surface area contributed by atoms with Crippen LogP contribution in [0.4, 0.5) is 5.69 Å². The van der Waals surface area contributed by atoms with Crippen LogP contribution in [0.1, 0.15) is 32.3 Å². The normalized spacial score (nSPS) is 23.5. The van der Waals surface area contributed by atoms with Crippen molar-refractivity contribution in [1.29, 1.82) is 5.26 Å². The van der Waals surface area contributed by atoms with Gasteiger partial charge in [-0.2, -0.15) is 10.4 Å². The average Bonchev–Trinajstić information content (AvgIpc) is 3.31. The molecule has 2 aliphatic heterocycles. The van der Waals surface area contributed by atoms with E-state index in [0.29, 0.717) is 45.1 Å². The molecule has 8 heteroatoms. The van der Waals surface area contributed by atoms with Crippen molar-refractivity contribution in [2.45, 2.75) is 38.3 Å². The summed E-state index contributed by atoms with van der Waals surface area (Å²) in [4.78, 5) is 19.4. The number of nitrogens with zero attached hydrogens (tertiary/aromatic N) is 6. The largest absolute Gasteiger partial charge is 0.382 e. The Morgan fingerprint density at radius 1 is 1.08 bits per heavy atom.